The molecule has 0 unspecified atom stereocenters. The number of rotatable bonds is 7. The molecule has 0 saturated heterocycles. The molecule has 0 spiro atoms. The average molecular weight is 679 g/mol. The highest BCUT2D eigenvalue weighted by atomic mass is 14.7. The first-order valence-corrected chi connectivity index (χ1v) is 18.2. The SMILES string of the molecule is CC1(C)c2cc(-c3ccc(-c4ccc(C=N/C(=C\C(=N)c5ccccc5)c5ccccc5)c5ccccc45)cc3)ccc2-c2cc3ccccc3cc21. The molecule has 0 heterocycles. The summed E-state index contributed by atoms with van der Waals surface area (Å²) in [6.07, 6.45) is 3.78. The lowest BCUT2D eigenvalue weighted by molar-refractivity contribution is 0.661. The second-order valence-corrected chi connectivity index (χ2v) is 14.4. The maximum atomic E-state index is 8.77. The summed E-state index contributed by atoms with van der Waals surface area (Å²) in [6, 6.07) is 62.2. The van der Waals surface area contributed by atoms with E-state index >= 15 is 0 Å². The van der Waals surface area contributed by atoms with E-state index < -0.39 is 0 Å². The first-order chi connectivity index (χ1) is 25.9. The van der Waals surface area contributed by atoms with Gasteiger partial charge < -0.3 is 5.41 Å². The van der Waals surface area contributed by atoms with Crippen molar-refractivity contribution in [2.45, 2.75) is 19.3 Å². The predicted molar refractivity (Wildman–Crippen MR) is 225 cm³/mol. The highest BCUT2D eigenvalue weighted by Gasteiger charge is 2.35. The van der Waals surface area contributed by atoms with E-state index in [4.69, 9.17) is 10.4 Å². The molecule has 0 radical (unpaired) electrons. The van der Waals surface area contributed by atoms with E-state index in [0.717, 1.165) is 27.8 Å². The summed E-state index contributed by atoms with van der Waals surface area (Å²) < 4.78 is 0. The molecule has 2 nitrogen and oxygen atoms in total. The van der Waals surface area contributed by atoms with Crippen LogP contribution in [0.4, 0.5) is 0 Å². The van der Waals surface area contributed by atoms with E-state index in [-0.39, 0.29) is 5.41 Å². The lowest BCUT2D eigenvalue weighted by atomic mass is 9.81. The molecule has 0 bridgehead atoms. The van der Waals surface area contributed by atoms with Gasteiger partial charge in [0.2, 0.25) is 0 Å². The van der Waals surface area contributed by atoms with Crippen molar-refractivity contribution in [3.05, 3.63) is 210 Å². The zero-order valence-corrected chi connectivity index (χ0v) is 29.8. The first-order valence-electron chi connectivity index (χ1n) is 18.2. The van der Waals surface area contributed by atoms with Gasteiger partial charge in [0.25, 0.3) is 0 Å². The third-order valence-electron chi connectivity index (χ3n) is 10.8. The van der Waals surface area contributed by atoms with Crippen LogP contribution in [0.15, 0.2) is 187 Å². The molecule has 0 fully saturated rings. The minimum atomic E-state index is -0.0735. The fourth-order valence-electron chi connectivity index (χ4n) is 7.91. The topological polar surface area (TPSA) is 36.2 Å². The van der Waals surface area contributed by atoms with Crippen LogP contribution >= 0.6 is 0 Å². The Morgan fingerprint density at radius 3 is 1.79 bits per heavy atom. The minimum absolute atomic E-state index is 0.0735. The Hall–Kier alpha value is -6.64. The molecule has 0 amide bonds. The van der Waals surface area contributed by atoms with Gasteiger partial charge in [-0.1, -0.05) is 172 Å². The molecule has 0 saturated carbocycles. The molecule has 8 aromatic carbocycles. The first kappa shape index (κ1) is 32.3. The van der Waals surface area contributed by atoms with E-state index in [0.29, 0.717) is 5.71 Å². The third-order valence-corrected chi connectivity index (χ3v) is 10.8. The quantitative estimate of drug-likeness (QED) is 0.163. The van der Waals surface area contributed by atoms with Gasteiger partial charge in [-0.3, -0.25) is 4.99 Å². The van der Waals surface area contributed by atoms with E-state index in [1.54, 1.807) is 0 Å². The maximum Gasteiger partial charge on any atom is 0.0723 e. The van der Waals surface area contributed by atoms with Crippen molar-refractivity contribution in [1.29, 1.82) is 5.41 Å². The number of nitrogens with one attached hydrogen (secondary N) is 1. The molecule has 0 aliphatic heterocycles. The zero-order valence-electron chi connectivity index (χ0n) is 29.8. The molecule has 8 aromatic rings. The summed E-state index contributed by atoms with van der Waals surface area (Å²) in [7, 11) is 0. The molecule has 9 rings (SSSR count). The smallest absolute Gasteiger partial charge is 0.0723 e. The molecule has 1 aliphatic rings. The van der Waals surface area contributed by atoms with Crippen LogP contribution < -0.4 is 0 Å². The van der Waals surface area contributed by atoms with Crippen LogP contribution in [0.3, 0.4) is 0 Å². The Morgan fingerprint density at radius 1 is 0.491 bits per heavy atom. The fraction of sp³-hybridized carbons (Fsp3) is 0.0588. The number of hydrogen-bond acceptors (Lipinski definition) is 2. The zero-order chi connectivity index (χ0) is 35.9. The van der Waals surface area contributed by atoms with Crippen LogP contribution in [-0.4, -0.2) is 11.9 Å². The molecule has 0 atom stereocenters. The van der Waals surface area contributed by atoms with Crippen molar-refractivity contribution in [2.75, 3.05) is 0 Å². The average Bonchev–Trinajstić information content (AvgIpc) is 3.43. The lowest BCUT2D eigenvalue weighted by Crippen LogP contribution is -2.15. The van der Waals surface area contributed by atoms with Crippen molar-refractivity contribution >= 4 is 39.2 Å². The van der Waals surface area contributed by atoms with E-state index in [2.05, 4.69) is 129 Å². The Morgan fingerprint density at radius 2 is 1.06 bits per heavy atom. The van der Waals surface area contributed by atoms with Gasteiger partial charge in [-0.25, -0.2) is 0 Å². The lowest BCUT2D eigenvalue weighted by Gasteiger charge is -2.22. The van der Waals surface area contributed by atoms with Gasteiger partial charge in [0.05, 0.1) is 11.4 Å². The second kappa shape index (κ2) is 13.2. The van der Waals surface area contributed by atoms with Gasteiger partial charge in [0.1, 0.15) is 0 Å². The Labute approximate surface area is 311 Å². The molecular weight excluding hydrogens is 641 g/mol. The number of hydrogen-bond donors (Lipinski definition) is 1. The minimum Gasteiger partial charge on any atom is -0.300 e. The van der Waals surface area contributed by atoms with E-state index in [1.165, 1.54) is 60.7 Å². The van der Waals surface area contributed by atoms with Gasteiger partial charge in [-0.05, 0) is 95.9 Å². The highest BCUT2D eigenvalue weighted by Crippen LogP contribution is 2.50. The molecule has 2 heteroatoms. The second-order valence-electron chi connectivity index (χ2n) is 14.4. The van der Waals surface area contributed by atoms with Crippen molar-refractivity contribution in [3.8, 4) is 33.4 Å². The van der Waals surface area contributed by atoms with Crippen LogP contribution in [0.1, 0.15) is 41.7 Å². The van der Waals surface area contributed by atoms with Gasteiger partial charge in [-0.15, -0.1) is 0 Å². The molecule has 1 aliphatic carbocycles. The molecule has 1 N–H and O–H groups in total. The van der Waals surface area contributed by atoms with Crippen molar-refractivity contribution in [3.63, 3.8) is 0 Å². The number of benzene rings is 8. The van der Waals surface area contributed by atoms with Gasteiger partial charge in [0.15, 0.2) is 0 Å². The monoisotopic (exact) mass is 678 g/mol. The number of aliphatic imine (C=N–C) groups is 1. The normalized spacial score (nSPS) is 13.4. The van der Waals surface area contributed by atoms with Gasteiger partial charge >= 0.3 is 0 Å². The van der Waals surface area contributed by atoms with Crippen LogP contribution in [0.25, 0.3) is 60.6 Å². The van der Waals surface area contributed by atoms with Crippen LogP contribution in [0.5, 0.6) is 0 Å². The highest BCUT2D eigenvalue weighted by molar-refractivity contribution is 6.12. The Kier molecular flexibility index (Phi) is 8.01. The Bertz CT molecular complexity index is 2730. The predicted octanol–water partition coefficient (Wildman–Crippen LogP) is 13.2. The van der Waals surface area contributed by atoms with Crippen molar-refractivity contribution < 1.29 is 0 Å². The number of nitrogens with zero attached hydrogens (tertiary/aromatic N) is 1. The van der Waals surface area contributed by atoms with Crippen LogP contribution in [0, 0.1) is 5.41 Å². The molecule has 0 aromatic heterocycles. The van der Waals surface area contributed by atoms with E-state index in [1.807, 2.05) is 73.0 Å². The standard InChI is InChI=1S/C51H38N2/c1-51(2)47-31-40(25-28-45(47)46-29-38-17-9-10-18-39(38)30-48(46)51)34-21-23-35(24-22-34)43-27-26-41(42-19-11-12-20-44(42)43)33-53-50(37-15-7-4-8-16-37)32-49(52)36-13-5-3-6-14-36/h3-33,52H,1-2H3/b50-32-,52-49?,53-33?. The van der Waals surface area contributed by atoms with Gasteiger partial charge in [-0.2, -0.15) is 0 Å². The van der Waals surface area contributed by atoms with Gasteiger partial charge in [0, 0.05) is 22.8 Å². The summed E-state index contributed by atoms with van der Waals surface area (Å²) in [5.74, 6) is 0. The third kappa shape index (κ3) is 5.89. The Balaban J connectivity index is 1.03. The maximum absolute atomic E-state index is 8.77. The summed E-state index contributed by atoms with van der Waals surface area (Å²) >= 11 is 0. The summed E-state index contributed by atoms with van der Waals surface area (Å²) in [5.41, 5.74) is 14.2. The largest absolute Gasteiger partial charge is 0.300 e. The fourth-order valence-corrected chi connectivity index (χ4v) is 7.91. The van der Waals surface area contributed by atoms with E-state index in [9.17, 15) is 0 Å². The van der Waals surface area contributed by atoms with Crippen LogP contribution in [0.2, 0.25) is 0 Å². The number of allylic oxidation sites excluding steroid dienone is 1. The van der Waals surface area contributed by atoms with Crippen molar-refractivity contribution in [2.24, 2.45) is 4.99 Å². The molecule has 53 heavy (non-hydrogen) atoms. The summed E-state index contributed by atoms with van der Waals surface area (Å²) in [6.45, 7) is 4.71. The summed E-state index contributed by atoms with van der Waals surface area (Å²) in [4.78, 5) is 4.98. The van der Waals surface area contributed by atoms with Crippen LogP contribution in [-0.2, 0) is 5.41 Å². The van der Waals surface area contributed by atoms with Crippen molar-refractivity contribution in [1.82, 2.24) is 0 Å². The summed E-state index contributed by atoms with van der Waals surface area (Å²) in [5, 5.41) is 13.7. The number of fused-ring (bicyclic) bond motifs is 5. The molecule has 252 valence electrons. The molecular formula is C51H38N2.